The van der Waals surface area contributed by atoms with E-state index < -0.39 is 97.5 Å². The van der Waals surface area contributed by atoms with E-state index in [4.69, 9.17) is 37.0 Å². The maximum atomic E-state index is 13.1. The lowest BCUT2D eigenvalue weighted by molar-refractivity contribution is -0.161. The van der Waals surface area contributed by atoms with Crippen LogP contribution in [0.1, 0.15) is 389 Å². The van der Waals surface area contributed by atoms with Gasteiger partial charge in [-0.25, -0.2) is 9.13 Å². The molecule has 0 spiro atoms. The second-order valence-electron chi connectivity index (χ2n) is 28.8. The summed E-state index contributed by atoms with van der Waals surface area (Å²) in [7, 11) is -9.91. The number of aliphatic hydroxyl groups is 1. The topological polar surface area (TPSA) is 237 Å². The Bertz CT molecular complexity index is 1850. The quantitative estimate of drug-likeness (QED) is 0.0222. The first kappa shape index (κ1) is 93.1. The van der Waals surface area contributed by atoms with Crippen LogP contribution < -0.4 is 0 Å². The molecule has 0 aliphatic carbocycles. The Morgan fingerprint density at radius 1 is 0.284 bits per heavy atom. The van der Waals surface area contributed by atoms with Crippen LogP contribution in [0.25, 0.3) is 0 Å². The Labute approximate surface area is 581 Å². The molecule has 0 aromatic heterocycles. The Balaban J connectivity index is 5.25. The van der Waals surface area contributed by atoms with Crippen LogP contribution in [0.5, 0.6) is 0 Å². The number of hydrogen-bond donors (Lipinski definition) is 3. The molecule has 0 radical (unpaired) electrons. The lowest BCUT2D eigenvalue weighted by Gasteiger charge is -2.21. The Kier molecular flexibility index (Phi) is 65.2. The number of esters is 4. The fourth-order valence-corrected chi connectivity index (χ4v) is 13.2. The van der Waals surface area contributed by atoms with Crippen molar-refractivity contribution in [3.8, 4) is 0 Å². The van der Waals surface area contributed by atoms with E-state index in [2.05, 4.69) is 48.5 Å². The van der Waals surface area contributed by atoms with Gasteiger partial charge >= 0.3 is 39.5 Å². The summed E-state index contributed by atoms with van der Waals surface area (Å²) in [6, 6.07) is 0. The molecule has 2 unspecified atom stereocenters. The summed E-state index contributed by atoms with van der Waals surface area (Å²) in [5, 5.41) is 10.6. The third-order valence-electron chi connectivity index (χ3n) is 17.6. The van der Waals surface area contributed by atoms with Crippen LogP contribution in [0.15, 0.2) is 0 Å². The summed E-state index contributed by atoms with van der Waals surface area (Å²) in [4.78, 5) is 72.8. The smallest absolute Gasteiger partial charge is 0.462 e. The molecule has 0 rings (SSSR count). The van der Waals surface area contributed by atoms with Crippen molar-refractivity contribution in [1.82, 2.24) is 0 Å². The van der Waals surface area contributed by atoms with E-state index in [9.17, 15) is 43.2 Å². The summed E-state index contributed by atoms with van der Waals surface area (Å²) in [6.07, 6.45) is 52.6. The van der Waals surface area contributed by atoms with Gasteiger partial charge in [-0.15, -0.1) is 0 Å². The van der Waals surface area contributed by atoms with Gasteiger partial charge in [-0.1, -0.05) is 337 Å². The fraction of sp³-hybridized carbons (Fsp3) is 0.947. The number of ether oxygens (including phenoxy) is 4. The first-order chi connectivity index (χ1) is 45.7. The van der Waals surface area contributed by atoms with Gasteiger partial charge in [-0.3, -0.25) is 37.3 Å². The highest BCUT2D eigenvalue weighted by molar-refractivity contribution is 7.47. The number of rotatable bonds is 74. The first-order valence-corrected chi connectivity index (χ1v) is 42.3. The highest BCUT2D eigenvalue weighted by Gasteiger charge is 2.30. The van der Waals surface area contributed by atoms with Crippen molar-refractivity contribution in [2.45, 2.75) is 407 Å². The van der Waals surface area contributed by atoms with Crippen LogP contribution in [0.2, 0.25) is 0 Å². The van der Waals surface area contributed by atoms with Gasteiger partial charge in [0.05, 0.1) is 26.4 Å². The number of phosphoric acid groups is 2. The lowest BCUT2D eigenvalue weighted by atomic mass is 10.0. The van der Waals surface area contributed by atoms with E-state index in [1.54, 1.807) is 0 Å². The van der Waals surface area contributed by atoms with Gasteiger partial charge in [-0.05, 0) is 43.4 Å². The van der Waals surface area contributed by atoms with E-state index in [0.717, 1.165) is 108 Å². The molecule has 0 aliphatic rings. The van der Waals surface area contributed by atoms with E-state index in [1.165, 1.54) is 199 Å². The molecule has 0 heterocycles. The van der Waals surface area contributed by atoms with E-state index >= 15 is 0 Å². The van der Waals surface area contributed by atoms with Gasteiger partial charge in [0.1, 0.15) is 19.3 Å². The predicted octanol–water partition coefficient (Wildman–Crippen LogP) is 22.2. The average Bonchev–Trinajstić information content (AvgIpc) is 1.92. The lowest BCUT2D eigenvalue weighted by Crippen LogP contribution is -2.30. The Morgan fingerprint density at radius 3 is 0.716 bits per heavy atom. The Morgan fingerprint density at radius 2 is 0.484 bits per heavy atom. The van der Waals surface area contributed by atoms with Crippen molar-refractivity contribution < 1.29 is 80.2 Å². The molecule has 0 saturated heterocycles. The molecule has 0 saturated carbocycles. The molecule has 0 fully saturated rings. The predicted molar refractivity (Wildman–Crippen MR) is 386 cm³/mol. The van der Waals surface area contributed by atoms with Gasteiger partial charge in [0.25, 0.3) is 0 Å². The van der Waals surface area contributed by atoms with Crippen molar-refractivity contribution >= 4 is 39.5 Å². The zero-order chi connectivity index (χ0) is 70.1. The summed E-state index contributed by atoms with van der Waals surface area (Å²) < 4.78 is 68.5. The molecule has 19 heteroatoms. The van der Waals surface area contributed by atoms with Crippen molar-refractivity contribution in [2.24, 2.45) is 17.8 Å². The van der Waals surface area contributed by atoms with Crippen LogP contribution in [-0.4, -0.2) is 96.7 Å². The third-order valence-corrected chi connectivity index (χ3v) is 19.5. The van der Waals surface area contributed by atoms with Crippen molar-refractivity contribution in [2.75, 3.05) is 39.6 Å². The molecule has 3 N–H and O–H groups in total. The van der Waals surface area contributed by atoms with Crippen LogP contribution in [0.3, 0.4) is 0 Å². The maximum absolute atomic E-state index is 13.1. The number of hydrogen-bond acceptors (Lipinski definition) is 15. The molecular formula is C76H148O17P2. The minimum Gasteiger partial charge on any atom is -0.462 e. The Hall–Kier alpha value is -1.94. The highest BCUT2D eigenvalue weighted by atomic mass is 31.2. The molecule has 0 aromatic carbocycles. The van der Waals surface area contributed by atoms with Gasteiger partial charge in [0.15, 0.2) is 12.2 Å². The summed E-state index contributed by atoms with van der Waals surface area (Å²) in [5.41, 5.74) is 0. The molecule has 0 amide bonds. The van der Waals surface area contributed by atoms with Gasteiger partial charge in [0, 0.05) is 25.7 Å². The number of unbranched alkanes of at least 4 members (excludes halogenated alkanes) is 42. The number of carbonyl (C=O) groups excluding carboxylic acids is 4. The summed E-state index contributed by atoms with van der Waals surface area (Å²) in [6.45, 7) is 11.9. The second-order valence-corrected chi connectivity index (χ2v) is 31.7. The average molecular weight is 1400 g/mol. The molecule has 0 aliphatic heterocycles. The second kappa shape index (κ2) is 66.6. The molecule has 0 aromatic rings. The minimum atomic E-state index is -4.96. The third kappa shape index (κ3) is 70.3. The zero-order valence-corrected chi connectivity index (χ0v) is 63.9. The number of aliphatic hydroxyl groups excluding tert-OH is 1. The SMILES string of the molecule is CCCCCCCCCCCCCCC(=O)O[C@H](COC(=O)CCCCCCCCCCC(C)C)COP(=O)(O)OC[C@H](O)COP(=O)(O)OC[C@@H](COC(=O)CCCCCCCCCCCCCCCC(C)C)OC(=O)CCCCCCCCCCCCCCCC(C)C. The molecular weight excluding hydrogens is 1250 g/mol. The normalized spacial score (nSPS) is 14.1. The highest BCUT2D eigenvalue weighted by Crippen LogP contribution is 2.45. The molecule has 17 nitrogen and oxygen atoms in total. The standard InChI is InChI=1S/C76H148O17P2/c1-8-9-10-11-12-13-14-23-29-38-45-52-59-75(80)93-72(64-87-74(79)58-51-44-37-32-31-35-42-49-56-69(6)7)66-91-95(84,85)89-62-70(77)61-88-94(82,83)90-65-71(92-76(81)60-53-46-39-30-25-20-16-18-22-27-34-41-48-55-68(4)5)63-86-73(78)57-50-43-36-28-24-19-15-17-21-26-33-40-47-54-67(2)3/h67-72,77H,8-66H2,1-7H3,(H,82,83)(H,84,85)/t70-,71-,72-/m1/s1. The monoisotopic (exact) mass is 1400 g/mol. The van der Waals surface area contributed by atoms with Gasteiger partial charge in [0.2, 0.25) is 0 Å². The van der Waals surface area contributed by atoms with Crippen molar-refractivity contribution in [3.63, 3.8) is 0 Å². The van der Waals surface area contributed by atoms with Crippen molar-refractivity contribution in [1.29, 1.82) is 0 Å². The summed E-state index contributed by atoms with van der Waals surface area (Å²) >= 11 is 0. The van der Waals surface area contributed by atoms with Crippen LogP contribution in [0.4, 0.5) is 0 Å². The van der Waals surface area contributed by atoms with E-state index in [-0.39, 0.29) is 25.7 Å². The molecule has 95 heavy (non-hydrogen) atoms. The van der Waals surface area contributed by atoms with E-state index in [1.807, 2.05) is 0 Å². The largest absolute Gasteiger partial charge is 0.472 e. The fourth-order valence-electron chi connectivity index (χ4n) is 11.6. The van der Waals surface area contributed by atoms with E-state index in [0.29, 0.717) is 25.7 Å². The number of phosphoric ester groups is 2. The molecule has 0 bridgehead atoms. The van der Waals surface area contributed by atoms with Gasteiger partial charge < -0.3 is 33.8 Å². The minimum absolute atomic E-state index is 0.107. The summed E-state index contributed by atoms with van der Waals surface area (Å²) in [5.74, 6) is 0.188. The first-order valence-electron chi connectivity index (χ1n) is 39.3. The molecule has 564 valence electrons. The van der Waals surface area contributed by atoms with Crippen molar-refractivity contribution in [3.05, 3.63) is 0 Å². The maximum Gasteiger partial charge on any atom is 0.472 e. The van der Waals surface area contributed by atoms with Crippen LogP contribution in [0, 0.1) is 17.8 Å². The zero-order valence-electron chi connectivity index (χ0n) is 62.1. The van der Waals surface area contributed by atoms with Crippen LogP contribution in [-0.2, 0) is 65.4 Å². The van der Waals surface area contributed by atoms with Crippen LogP contribution >= 0.6 is 15.6 Å². The van der Waals surface area contributed by atoms with Gasteiger partial charge in [-0.2, -0.15) is 0 Å². The molecule has 5 atom stereocenters. The number of carbonyl (C=O) groups is 4.